The van der Waals surface area contributed by atoms with Crippen molar-refractivity contribution >= 4 is 11.9 Å². The molecule has 0 radical (unpaired) electrons. The maximum atomic E-state index is 12.0. The maximum Gasteiger partial charge on any atom is 0.348 e. The van der Waals surface area contributed by atoms with Crippen molar-refractivity contribution in [3.8, 4) is 12.3 Å². The first-order valence-electron chi connectivity index (χ1n) is 9.39. The molecule has 0 bridgehead atoms. The lowest BCUT2D eigenvalue weighted by atomic mass is 9.92. The summed E-state index contributed by atoms with van der Waals surface area (Å²) in [7, 11) is 1.04. The summed E-state index contributed by atoms with van der Waals surface area (Å²) in [6, 6.07) is 8.71. The number of terminal acetylenes is 1. The molecule has 176 valence electrons. The zero-order chi connectivity index (χ0) is 24.8. The lowest BCUT2D eigenvalue weighted by Crippen LogP contribution is -2.57. The SMILES string of the molecule is C#C[C@@](O)([C@@H](COC(Cc1ccccc1)(C(=O)O)C(=O)O)OC)[C@@H](O)n1ccc(=O)[nH]c1=O. The number of carbonyl (C=O) groups is 2. The fourth-order valence-corrected chi connectivity index (χ4v) is 3.06. The molecule has 0 spiro atoms. The fourth-order valence-electron chi connectivity index (χ4n) is 3.06. The van der Waals surface area contributed by atoms with Crippen LogP contribution in [0.4, 0.5) is 0 Å². The van der Waals surface area contributed by atoms with E-state index in [2.05, 4.69) is 0 Å². The maximum absolute atomic E-state index is 12.0. The van der Waals surface area contributed by atoms with Crippen LogP contribution in [0.5, 0.6) is 0 Å². The van der Waals surface area contributed by atoms with Gasteiger partial charge in [0.1, 0.15) is 6.10 Å². The molecule has 12 nitrogen and oxygen atoms in total. The van der Waals surface area contributed by atoms with Gasteiger partial charge in [0.25, 0.3) is 11.2 Å². The number of methoxy groups -OCH3 is 1. The summed E-state index contributed by atoms with van der Waals surface area (Å²) < 4.78 is 10.8. The second-order valence-electron chi connectivity index (χ2n) is 7.00. The number of hydrogen-bond acceptors (Lipinski definition) is 8. The Morgan fingerprint density at radius 2 is 1.79 bits per heavy atom. The van der Waals surface area contributed by atoms with Crippen molar-refractivity contribution in [3.63, 3.8) is 0 Å². The molecule has 2 aromatic rings. The topological polar surface area (TPSA) is 188 Å². The summed E-state index contributed by atoms with van der Waals surface area (Å²) in [5.74, 6) is -1.78. The van der Waals surface area contributed by atoms with Crippen LogP contribution in [0.3, 0.4) is 0 Å². The Morgan fingerprint density at radius 1 is 1.18 bits per heavy atom. The minimum atomic E-state index is -2.78. The van der Waals surface area contributed by atoms with Crippen LogP contribution in [-0.4, -0.2) is 72.9 Å². The number of aromatic nitrogens is 2. The molecule has 0 saturated heterocycles. The average Bonchev–Trinajstić information content (AvgIpc) is 2.78. The van der Waals surface area contributed by atoms with Crippen LogP contribution in [0.2, 0.25) is 0 Å². The molecule has 5 N–H and O–H groups in total. The number of nitrogens with one attached hydrogen (secondary N) is 1. The Balaban J connectivity index is 2.40. The largest absolute Gasteiger partial charge is 0.479 e. The highest BCUT2D eigenvalue weighted by molar-refractivity contribution is 6.02. The van der Waals surface area contributed by atoms with Gasteiger partial charge in [0.2, 0.25) is 0 Å². The standard InChI is InChI=1S/C21H22N2O10/c1-3-20(31,16(25)23-10-9-15(24)22-19(23)30)14(32-2)12-33-21(17(26)27,18(28)29)11-13-7-5-4-6-8-13/h1,4-10,14,16,25,31H,11-12H2,2H3,(H,26,27)(H,28,29)(H,22,24,30)/t14-,16-,20-/m1/s1. The Hall–Kier alpha value is -3.76. The van der Waals surface area contributed by atoms with Gasteiger partial charge in [0, 0.05) is 25.8 Å². The Labute approximate surface area is 186 Å². The van der Waals surface area contributed by atoms with E-state index in [9.17, 15) is 39.6 Å². The monoisotopic (exact) mass is 462 g/mol. The van der Waals surface area contributed by atoms with E-state index in [1.807, 2.05) is 10.9 Å². The molecule has 3 atom stereocenters. The summed E-state index contributed by atoms with van der Waals surface area (Å²) in [6.45, 7) is -0.905. The van der Waals surface area contributed by atoms with Crippen molar-refractivity contribution in [2.75, 3.05) is 13.7 Å². The van der Waals surface area contributed by atoms with E-state index >= 15 is 0 Å². The van der Waals surface area contributed by atoms with E-state index < -0.39 is 59.7 Å². The van der Waals surface area contributed by atoms with Gasteiger partial charge < -0.3 is 29.9 Å². The molecule has 1 aromatic heterocycles. The van der Waals surface area contributed by atoms with Gasteiger partial charge in [-0.3, -0.25) is 14.3 Å². The molecule has 12 heteroatoms. The third kappa shape index (κ3) is 5.18. The van der Waals surface area contributed by atoms with Gasteiger partial charge in [0.05, 0.1) is 6.61 Å². The summed E-state index contributed by atoms with van der Waals surface area (Å²) in [5.41, 5.74) is -7.02. The summed E-state index contributed by atoms with van der Waals surface area (Å²) in [6.07, 6.45) is 1.78. The molecule has 0 unspecified atom stereocenters. The molecule has 0 saturated carbocycles. The average molecular weight is 462 g/mol. The quantitative estimate of drug-likeness (QED) is 0.196. The summed E-state index contributed by atoms with van der Waals surface area (Å²) in [4.78, 5) is 49.0. The predicted octanol–water partition coefficient (Wildman–Crippen LogP) is -1.43. The number of nitrogens with zero attached hydrogens (tertiary/aromatic N) is 1. The minimum absolute atomic E-state index is 0.336. The fraction of sp³-hybridized carbons (Fsp3) is 0.333. The molecule has 33 heavy (non-hydrogen) atoms. The molecule has 0 aliphatic carbocycles. The first-order valence-corrected chi connectivity index (χ1v) is 9.39. The number of H-pyrrole nitrogens is 1. The number of ether oxygens (including phenoxy) is 2. The summed E-state index contributed by atoms with van der Waals surface area (Å²) in [5, 5.41) is 40.8. The number of hydrogen-bond donors (Lipinski definition) is 5. The lowest BCUT2D eigenvalue weighted by Gasteiger charge is -2.36. The molecule has 1 heterocycles. The van der Waals surface area contributed by atoms with Crippen molar-refractivity contribution in [1.82, 2.24) is 9.55 Å². The zero-order valence-electron chi connectivity index (χ0n) is 17.4. The van der Waals surface area contributed by atoms with Gasteiger partial charge in [0.15, 0.2) is 11.8 Å². The van der Waals surface area contributed by atoms with Crippen molar-refractivity contribution in [3.05, 3.63) is 69.0 Å². The molecule has 0 aliphatic rings. The number of carboxylic acid groups (broad SMARTS) is 2. The molecule has 0 amide bonds. The molecule has 0 fully saturated rings. The zero-order valence-corrected chi connectivity index (χ0v) is 17.4. The molecular formula is C21H22N2O10. The second kappa shape index (κ2) is 10.2. The van der Waals surface area contributed by atoms with Crippen LogP contribution in [0.1, 0.15) is 11.8 Å². The van der Waals surface area contributed by atoms with Crippen molar-refractivity contribution < 1.29 is 39.5 Å². The van der Waals surface area contributed by atoms with E-state index in [-0.39, 0.29) is 0 Å². The van der Waals surface area contributed by atoms with Crippen LogP contribution in [-0.2, 0) is 25.5 Å². The predicted molar refractivity (Wildman–Crippen MR) is 111 cm³/mol. The third-order valence-corrected chi connectivity index (χ3v) is 4.98. The molecule has 2 rings (SSSR count). The summed E-state index contributed by atoms with van der Waals surface area (Å²) >= 11 is 0. The van der Waals surface area contributed by atoms with Gasteiger partial charge in [-0.2, -0.15) is 0 Å². The molecule has 1 aromatic carbocycles. The lowest BCUT2D eigenvalue weighted by molar-refractivity contribution is -0.203. The second-order valence-corrected chi connectivity index (χ2v) is 7.00. The van der Waals surface area contributed by atoms with Gasteiger partial charge in [-0.05, 0) is 5.56 Å². The molecule has 0 aliphatic heterocycles. The number of carboxylic acids is 2. The van der Waals surface area contributed by atoms with Gasteiger partial charge >= 0.3 is 17.6 Å². The first-order chi connectivity index (χ1) is 15.5. The number of rotatable bonds is 11. The van der Waals surface area contributed by atoms with Crippen LogP contribution in [0.25, 0.3) is 0 Å². The normalized spacial score (nSPS) is 15.1. The Kier molecular flexibility index (Phi) is 7.91. The van der Waals surface area contributed by atoms with Gasteiger partial charge in [-0.15, -0.1) is 6.42 Å². The Morgan fingerprint density at radius 3 is 2.27 bits per heavy atom. The van der Waals surface area contributed by atoms with Crippen LogP contribution < -0.4 is 11.2 Å². The van der Waals surface area contributed by atoms with Gasteiger partial charge in [-0.1, -0.05) is 36.3 Å². The first kappa shape index (κ1) is 25.5. The number of aliphatic carboxylic acids is 2. The number of aromatic amines is 1. The van der Waals surface area contributed by atoms with Gasteiger partial charge in [-0.25, -0.2) is 14.4 Å². The van der Waals surface area contributed by atoms with E-state index in [1.54, 1.807) is 18.2 Å². The number of aliphatic hydroxyl groups is 2. The minimum Gasteiger partial charge on any atom is -0.479 e. The van der Waals surface area contributed by atoms with E-state index in [4.69, 9.17) is 15.9 Å². The third-order valence-electron chi connectivity index (χ3n) is 4.98. The van der Waals surface area contributed by atoms with E-state index in [1.165, 1.54) is 12.1 Å². The van der Waals surface area contributed by atoms with E-state index in [0.717, 1.165) is 19.4 Å². The molecular weight excluding hydrogens is 440 g/mol. The van der Waals surface area contributed by atoms with Crippen LogP contribution in [0.15, 0.2) is 52.2 Å². The van der Waals surface area contributed by atoms with Crippen molar-refractivity contribution in [2.45, 2.75) is 30.0 Å². The highest BCUT2D eigenvalue weighted by Crippen LogP contribution is 2.27. The highest BCUT2D eigenvalue weighted by atomic mass is 16.6. The number of benzene rings is 1. The van der Waals surface area contributed by atoms with Crippen molar-refractivity contribution in [1.29, 1.82) is 0 Å². The Bertz CT molecular complexity index is 1140. The smallest absolute Gasteiger partial charge is 0.348 e. The number of aliphatic hydroxyl groups excluding tert-OH is 1. The van der Waals surface area contributed by atoms with E-state index in [0.29, 0.717) is 10.1 Å². The van der Waals surface area contributed by atoms with Crippen LogP contribution in [0, 0.1) is 12.3 Å². The van der Waals surface area contributed by atoms with Crippen LogP contribution >= 0.6 is 0 Å². The highest BCUT2D eigenvalue weighted by Gasteiger charge is 2.51. The van der Waals surface area contributed by atoms with Crippen molar-refractivity contribution in [2.24, 2.45) is 0 Å².